The van der Waals surface area contributed by atoms with Crippen LogP contribution in [-0.4, -0.2) is 33.9 Å². The van der Waals surface area contributed by atoms with Crippen molar-refractivity contribution in [1.82, 2.24) is 14.9 Å². The summed E-state index contributed by atoms with van der Waals surface area (Å²) in [5.74, 6) is -0.211. The van der Waals surface area contributed by atoms with Crippen molar-refractivity contribution in [2.24, 2.45) is 0 Å². The maximum Gasteiger partial charge on any atom is 0.289 e. The highest BCUT2D eigenvalue weighted by Crippen LogP contribution is 2.34. The number of amides is 1. The van der Waals surface area contributed by atoms with Crippen LogP contribution in [0.3, 0.4) is 0 Å². The van der Waals surface area contributed by atoms with Crippen molar-refractivity contribution in [2.75, 3.05) is 13.1 Å². The molecular weight excluding hydrogens is 365 g/mol. The molecule has 1 saturated heterocycles. The lowest BCUT2D eigenvalue weighted by Gasteiger charge is -2.16. The number of aryl methyl sites for hydroxylation is 2. The average Bonchev–Trinajstić information content (AvgIpc) is 3.37. The fraction of sp³-hybridized carbons (Fsp3) is 0.350. The van der Waals surface area contributed by atoms with Crippen molar-refractivity contribution in [3.05, 3.63) is 62.3 Å². The molecule has 1 atom stereocenters. The van der Waals surface area contributed by atoms with E-state index in [9.17, 15) is 14.0 Å². The summed E-state index contributed by atoms with van der Waals surface area (Å²) in [7, 11) is 0. The molecule has 1 aliphatic carbocycles. The number of aromatic nitrogens is 2. The predicted octanol–water partition coefficient (Wildman–Crippen LogP) is 3.24. The van der Waals surface area contributed by atoms with E-state index >= 15 is 0 Å². The quantitative estimate of drug-likeness (QED) is 0.739. The second kappa shape index (κ2) is 6.27. The molecule has 5 nitrogen and oxygen atoms in total. The van der Waals surface area contributed by atoms with Gasteiger partial charge in [-0.1, -0.05) is 12.1 Å². The van der Waals surface area contributed by atoms with Gasteiger partial charge in [0.15, 0.2) is 0 Å². The molecule has 7 heteroatoms. The van der Waals surface area contributed by atoms with Crippen LogP contribution in [0.5, 0.6) is 0 Å². The smallest absolute Gasteiger partial charge is 0.289 e. The number of nitrogens with one attached hydrogen (secondary N) is 1. The number of carbonyl (C=O) groups excluding carboxylic acids is 1. The number of likely N-dealkylation sites (tertiary alicyclic amines) is 1. The molecule has 0 bridgehead atoms. The topological polar surface area (TPSA) is 66.1 Å². The number of hydrogen-bond acceptors (Lipinski definition) is 4. The molecule has 1 fully saturated rings. The summed E-state index contributed by atoms with van der Waals surface area (Å²) in [4.78, 5) is 36.2. The van der Waals surface area contributed by atoms with E-state index < -0.39 is 0 Å². The maximum absolute atomic E-state index is 13.1. The number of fused-ring (bicyclic) bond motifs is 3. The fourth-order valence-electron chi connectivity index (χ4n) is 4.21. The highest BCUT2D eigenvalue weighted by Gasteiger charge is 2.30. The highest BCUT2D eigenvalue weighted by molar-refractivity contribution is 7.18. The Morgan fingerprint density at radius 3 is 2.89 bits per heavy atom. The minimum atomic E-state index is -0.261. The maximum atomic E-state index is 13.1. The summed E-state index contributed by atoms with van der Waals surface area (Å²) < 4.78 is 13.1. The summed E-state index contributed by atoms with van der Waals surface area (Å²) in [6.45, 7) is 1.15. The number of rotatable bonds is 2. The average molecular weight is 383 g/mol. The van der Waals surface area contributed by atoms with Crippen LogP contribution in [-0.2, 0) is 12.8 Å². The summed E-state index contributed by atoms with van der Waals surface area (Å²) in [6.07, 6.45) is 3.80. The number of H-pyrrole nitrogens is 1. The van der Waals surface area contributed by atoms with E-state index in [0.29, 0.717) is 23.3 Å². The Morgan fingerprint density at radius 1 is 1.26 bits per heavy atom. The van der Waals surface area contributed by atoms with E-state index in [1.165, 1.54) is 28.3 Å². The number of halogens is 1. The number of thiophene rings is 1. The molecule has 27 heavy (non-hydrogen) atoms. The third-order valence-electron chi connectivity index (χ3n) is 5.59. The minimum absolute atomic E-state index is 0.118. The molecule has 0 radical (unpaired) electrons. The first-order valence-corrected chi connectivity index (χ1v) is 10.0. The van der Waals surface area contributed by atoms with Gasteiger partial charge in [0.1, 0.15) is 10.6 Å². The number of aromatic amines is 1. The van der Waals surface area contributed by atoms with Gasteiger partial charge in [-0.2, -0.15) is 0 Å². The predicted molar refractivity (Wildman–Crippen MR) is 102 cm³/mol. The molecule has 3 heterocycles. The third-order valence-corrected chi connectivity index (χ3v) is 6.78. The number of benzene rings is 1. The number of carbonyl (C=O) groups is 1. The van der Waals surface area contributed by atoms with Gasteiger partial charge in [0.25, 0.3) is 11.5 Å². The number of nitrogens with zero attached hydrogens (tertiary/aromatic N) is 2. The molecule has 5 rings (SSSR count). The van der Waals surface area contributed by atoms with E-state index in [-0.39, 0.29) is 29.0 Å². The van der Waals surface area contributed by atoms with Crippen molar-refractivity contribution in [3.63, 3.8) is 0 Å². The van der Waals surface area contributed by atoms with E-state index in [1.807, 2.05) is 0 Å². The molecule has 2 aliphatic rings. The first-order valence-electron chi connectivity index (χ1n) is 9.19. The lowest BCUT2D eigenvalue weighted by atomic mass is 9.99. The standard InChI is InChI=1S/C20H18FN3O2S/c21-13-6-4-11(5-7-13)12-8-9-24(10-12)20(26)17-22-18(25)16-14-2-1-3-15(14)27-19(16)23-17/h4-7,12H,1-3,8-10H2,(H,22,23,25). The Labute approximate surface area is 158 Å². The lowest BCUT2D eigenvalue weighted by molar-refractivity contribution is 0.0779. The lowest BCUT2D eigenvalue weighted by Crippen LogP contribution is -2.31. The van der Waals surface area contributed by atoms with Gasteiger partial charge in [-0.3, -0.25) is 9.59 Å². The monoisotopic (exact) mass is 383 g/mol. The second-order valence-electron chi connectivity index (χ2n) is 7.24. The minimum Gasteiger partial charge on any atom is -0.335 e. The van der Waals surface area contributed by atoms with Gasteiger partial charge in [-0.15, -0.1) is 11.3 Å². The first kappa shape index (κ1) is 16.6. The molecular formula is C20H18FN3O2S. The Bertz CT molecular complexity index is 1100. The number of hydrogen-bond donors (Lipinski definition) is 1. The Hall–Kier alpha value is -2.54. The van der Waals surface area contributed by atoms with Gasteiger partial charge in [0.2, 0.25) is 5.82 Å². The largest absolute Gasteiger partial charge is 0.335 e. The fourth-order valence-corrected chi connectivity index (χ4v) is 5.47. The summed E-state index contributed by atoms with van der Waals surface area (Å²) in [5.41, 5.74) is 1.93. The first-order chi connectivity index (χ1) is 13.1. The summed E-state index contributed by atoms with van der Waals surface area (Å²) >= 11 is 1.54. The Kier molecular flexibility index (Phi) is 3.86. The van der Waals surface area contributed by atoms with E-state index in [4.69, 9.17) is 0 Å². The van der Waals surface area contributed by atoms with Gasteiger partial charge in [-0.05, 0) is 48.9 Å². The Balaban J connectivity index is 1.41. The zero-order chi connectivity index (χ0) is 18.5. The van der Waals surface area contributed by atoms with E-state index in [0.717, 1.165) is 36.8 Å². The molecule has 3 aromatic rings. The van der Waals surface area contributed by atoms with Crippen molar-refractivity contribution in [3.8, 4) is 0 Å². The summed E-state index contributed by atoms with van der Waals surface area (Å²) in [5, 5.41) is 0.662. The molecule has 1 unspecified atom stereocenters. The molecule has 1 aliphatic heterocycles. The molecule has 1 aromatic carbocycles. The molecule has 0 saturated carbocycles. The van der Waals surface area contributed by atoms with Gasteiger partial charge in [0, 0.05) is 23.9 Å². The normalized spacial score (nSPS) is 19.0. The zero-order valence-corrected chi connectivity index (χ0v) is 15.4. The molecule has 0 spiro atoms. The van der Waals surface area contributed by atoms with E-state index in [1.54, 1.807) is 17.0 Å². The van der Waals surface area contributed by atoms with Gasteiger partial charge >= 0.3 is 0 Å². The van der Waals surface area contributed by atoms with Crippen LogP contribution in [0.4, 0.5) is 4.39 Å². The van der Waals surface area contributed by atoms with Crippen LogP contribution in [0.2, 0.25) is 0 Å². The van der Waals surface area contributed by atoms with Crippen molar-refractivity contribution < 1.29 is 9.18 Å². The van der Waals surface area contributed by atoms with Crippen molar-refractivity contribution in [1.29, 1.82) is 0 Å². The molecule has 138 valence electrons. The van der Waals surface area contributed by atoms with Crippen molar-refractivity contribution >= 4 is 27.5 Å². The van der Waals surface area contributed by atoms with Gasteiger partial charge in [-0.25, -0.2) is 9.37 Å². The summed E-state index contributed by atoms with van der Waals surface area (Å²) in [6, 6.07) is 6.44. The van der Waals surface area contributed by atoms with Crippen LogP contribution in [0, 0.1) is 5.82 Å². The van der Waals surface area contributed by atoms with E-state index in [2.05, 4.69) is 9.97 Å². The highest BCUT2D eigenvalue weighted by atomic mass is 32.1. The zero-order valence-electron chi connectivity index (χ0n) is 14.6. The van der Waals surface area contributed by atoms with Crippen LogP contribution in [0.25, 0.3) is 10.2 Å². The van der Waals surface area contributed by atoms with Crippen LogP contribution < -0.4 is 5.56 Å². The SMILES string of the molecule is O=C(c1nc2sc3c(c2c(=O)[nH]1)CCC3)N1CCC(c2ccc(F)cc2)C1. The van der Waals surface area contributed by atoms with Gasteiger partial charge in [0.05, 0.1) is 5.39 Å². The van der Waals surface area contributed by atoms with Crippen LogP contribution in [0.1, 0.15) is 45.4 Å². The molecule has 1 N–H and O–H groups in total. The second-order valence-corrected chi connectivity index (χ2v) is 8.32. The third kappa shape index (κ3) is 2.77. The molecule has 2 aromatic heterocycles. The Morgan fingerprint density at radius 2 is 2.07 bits per heavy atom. The van der Waals surface area contributed by atoms with Crippen LogP contribution >= 0.6 is 11.3 Å². The van der Waals surface area contributed by atoms with Crippen molar-refractivity contribution in [2.45, 2.75) is 31.6 Å². The van der Waals surface area contributed by atoms with Gasteiger partial charge < -0.3 is 9.88 Å². The molecule has 1 amide bonds. The van der Waals surface area contributed by atoms with Crippen LogP contribution in [0.15, 0.2) is 29.1 Å².